The fourth-order valence-corrected chi connectivity index (χ4v) is 3.58. The quantitative estimate of drug-likeness (QED) is 0.758. The van der Waals surface area contributed by atoms with Crippen LogP contribution >= 0.6 is 0 Å². The van der Waals surface area contributed by atoms with Crippen LogP contribution in [-0.4, -0.2) is 68.6 Å². The molecule has 1 heterocycles. The minimum absolute atomic E-state index is 0.0114. The van der Waals surface area contributed by atoms with Crippen molar-refractivity contribution in [2.75, 3.05) is 52.3 Å². The second-order valence-electron chi connectivity index (χ2n) is 7.41. The molecule has 2 amide bonds. The second kappa shape index (κ2) is 10.2. The number of nitrogens with one attached hydrogen (secondary N) is 1. The van der Waals surface area contributed by atoms with Gasteiger partial charge in [-0.15, -0.1) is 0 Å². The Morgan fingerprint density at radius 2 is 1.87 bits per heavy atom. The van der Waals surface area contributed by atoms with Crippen molar-refractivity contribution >= 4 is 17.5 Å². The number of nitrogens with zero attached hydrogens (tertiary/aromatic N) is 2. The van der Waals surface area contributed by atoms with E-state index in [1.165, 1.54) is 0 Å². The molecule has 1 aliphatic heterocycles. The van der Waals surface area contributed by atoms with Crippen molar-refractivity contribution in [3.8, 4) is 5.75 Å². The summed E-state index contributed by atoms with van der Waals surface area (Å²) in [6.45, 7) is 4.34. The molecule has 1 N–H and O–H groups in total. The number of rotatable bonds is 7. The predicted octanol–water partition coefficient (Wildman–Crippen LogP) is 2.47. The van der Waals surface area contributed by atoms with Crippen molar-refractivity contribution < 1.29 is 19.1 Å². The maximum Gasteiger partial charge on any atom is 0.246 e. The molecule has 0 saturated carbocycles. The molecule has 0 bridgehead atoms. The summed E-state index contributed by atoms with van der Waals surface area (Å²) < 4.78 is 10.7. The molecule has 1 fully saturated rings. The number of anilines is 1. The van der Waals surface area contributed by atoms with Crippen molar-refractivity contribution in [2.24, 2.45) is 0 Å². The summed E-state index contributed by atoms with van der Waals surface area (Å²) in [5.41, 5.74) is 2.44. The van der Waals surface area contributed by atoms with E-state index >= 15 is 0 Å². The van der Waals surface area contributed by atoms with E-state index in [0.29, 0.717) is 37.7 Å². The smallest absolute Gasteiger partial charge is 0.246 e. The molecule has 7 heteroatoms. The zero-order valence-electron chi connectivity index (χ0n) is 17.8. The number of hydrogen-bond donors (Lipinski definition) is 1. The highest BCUT2D eigenvalue weighted by Gasteiger charge is 2.29. The lowest BCUT2D eigenvalue weighted by atomic mass is 10.0. The summed E-state index contributed by atoms with van der Waals surface area (Å²) in [4.78, 5) is 29.6. The maximum absolute atomic E-state index is 13.3. The van der Waals surface area contributed by atoms with E-state index in [1.54, 1.807) is 24.0 Å². The lowest BCUT2D eigenvalue weighted by Gasteiger charge is -2.31. The summed E-state index contributed by atoms with van der Waals surface area (Å²) in [5.74, 6) is 0.359. The standard InChI is InChI=1S/C23H29N3O4/c1-17-9-10-20(29-3)19(15-17)24-23(28)22(18-7-5-4-6-8-18)25(2)16-21(27)26-11-13-30-14-12-26/h4-10,15,22H,11-14,16H2,1-3H3,(H,24,28)/t22-/m1/s1. The van der Waals surface area contributed by atoms with Crippen LogP contribution in [0.4, 0.5) is 5.69 Å². The molecule has 0 spiro atoms. The van der Waals surface area contributed by atoms with Crippen molar-refractivity contribution in [1.82, 2.24) is 9.80 Å². The van der Waals surface area contributed by atoms with Gasteiger partial charge in [-0.25, -0.2) is 0 Å². The van der Waals surface area contributed by atoms with Gasteiger partial charge in [-0.05, 0) is 37.2 Å². The van der Waals surface area contributed by atoms with Crippen LogP contribution in [0, 0.1) is 6.92 Å². The zero-order valence-corrected chi connectivity index (χ0v) is 17.8. The van der Waals surface area contributed by atoms with Crippen molar-refractivity contribution in [3.63, 3.8) is 0 Å². The Kier molecular flexibility index (Phi) is 7.43. The molecule has 0 unspecified atom stereocenters. The third-order valence-corrected chi connectivity index (χ3v) is 5.17. The van der Waals surface area contributed by atoms with Gasteiger partial charge in [0.2, 0.25) is 11.8 Å². The average molecular weight is 412 g/mol. The number of carbonyl (C=O) groups is 2. The number of likely N-dealkylation sites (N-methyl/N-ethyl adjacent to an activating group) is 1. The number of amides is 2. The SMILES string of the molecule is COc1ccc(C)cc1NC(=O)[C@@H](c1ccccc1)N(C)CC(=O)N1CCOCC1. The maximum atomic E-state index is 13.3. The fourth-order valence-electron chi connectivity index (χ4n) is 3.58. The Balaban J connectivity index is 1.81. The van der Waals surface area contributed by atoms with E-state index in [-0.39, 0.29) is 18.4 Å². The summed E-state index contributed by atoms with van der Waals surface area (Å²) >= 11 is 0. The predicted molar refractivity (Wildman–Crippen MR) is 116 cm³/mol. The number of carbonyl (C=O) groups excluding carboxylic acids is 2. The minimum Gasteiger partial charge on any atom is -0.495 e. The van der Waals surface area contributed by atoms with E-state index < -0.39 is 6.04 Å². The van der Waals surface area contributed by atoms with Crippen LogP contribution in [0.1, 0.15) is 17.2 Å². The lowest BCUT2D eigenvalue weighted by molar-refractivity contribution is -0.137. The van der Waals surface area contributed by atoms with Crippen LogP contribution < -0.4 is 10.1 Å². The molecule has 0 aromatic heterocycles. The van der Waals surface area contributed by atoms with Crippen LogP contribution in [0.3, 0.4) is 0 Å². The van der Waals surface area contributed by atoms with E-state index in [2.05, 4.69) is 5.32 Å². The van der Waals surface area contributed by atoms with Crippen LogP contribution in [0.5, 0.6) is 5.75 Å². The number of aryl methyl sites for hydroxylation is 1. The van der Waals surface area contributed by atoms with Gasteiger partial charge in [-0.3, -0.25) is 14.5 Å². The number of benzene rings is 2. The van der Waals surface area contributed by atoms with Gasteiger partial charge in [0.05, 0.1) is 32.6 Å². The Labute approximate surface area is 177 Å². The van der Waals surface area contributed by atoms with E-state index in [1.807, 2.05) is 55.5 Å². The number of ether oxygens (including phenoxy) is 2. The van der Waals surface area contributed by atoms with Gasteiger partial charge in [0.15, 0.2) is 0 Å². The number of morpholine rings is 1. The molecule has 1 saturated heterocycles. The van der Waals surface area contributed by atoms with E-state index in [0.717, 1.165) is 11.1 Å². The Hall–Kier alpha value is -2.90. The topological polar surface area (TPSA) is 71.1 Å². The van der Waals surface area contributed by atoms with Gasteiger partial charge in [0, 0.05) is 13.1 Å². The monoisotopic (exact) mass is 411 g/mol. The third-order valence-electron chi connectivity index (χ3n) is 5.17. The first-order valence-electron chi connectivity index (χ1n) is 10.1. The Bertz CT molecular complexity index is 866. The van der Waals surface area contributed by atoms with Crippen molar-refractivity contribution in [3.05, 3.63) is 59.7 Å². The molecule has 0 aliphatic carbocycles. The normalized spacial score (nSPS) is 15.0. The molecule has 160 valence electrons. The minimum atomic E-state index is -0.624. The highest BCUT2D eigenvalue weighted by atomic mass is 16.5. The third kappa shape index (κ3) is 5.37. The molecule has 7 nitrogen and oxygen atoms in total. The van der Waals surface area contributed by atoms with Crippen LogP contribution in [0.2, 0.25) is 0 Å². The molecule has 30 heavy (non-hydrogen) atoms. The van der Waals surface area contributed by atoms with Gasteiger partial charge in [-0.1, -0.05) is 36.4 Å². The summed E-state index contributed by atoms with van der Waals surface area (Å²) in [5, 5.41) is 2.98. The van der Waals surface area contributed by atoms with Crippen molar-refractivity contribution in [2.45, 2.75) is 13.0 Å². The highest BCUT2D eigenvalue weighted by Crippen LogP contribution is 2.28. The molecular weight excluding hydrogens is 382 g/mol. The summed E-state index contributed by atoms with van der Waals surface area (Å²) in [7, 11) is 3.37. The van der Waals surface area contributed by atoms with E-state index in [4.69, 9.17) is 9.47 Å². The number of methoxy groups -OCH3 is 1. The first-order valence-corrected chi connectivity index (χ1v) is 10.1. The zero-order chi connectivity index (χ0) is 21.5. The summed E-state index contributed by atoms with van der Waals surface area (Å²) in [6, 6.07) is 14.5. The molecular formula is C23H29N3O4. The molecule has 1 aliphatic rings. The lowest BCUT2D eigenvalue weighted by Crippen LogP contribution is -2.47. The largest absolute Gasteiger partial charge is 0.495 e. The van der Waals surface area contributed by atoms with Gasteiger partial charge in [-0.2, -0.15) is 0 Å². The Morgan fingerprint density at radius 1 is 1.17 bits per heavy atom. The number of hydrogen-bond acceptors (Lipinski definition) is 5. The first-order chi connectivity index (χ1) is 14.5. The van der Waals surface area contributed by atoms with Gasteiger partial charge >= 0.3 is 0 Å². The molecule has 3 rings (SSSR count). The molecule has 0 radical (unpaired) electrons. The second-order valence-corrected chi connectivity index (χ2v) is 7.41. The van der Waals surface area contributed by atoms with Crippen LogP contribution in [0.15, 0.2) is 48.5 Å². The average Bonchev–Trinajstić information content (AvgIpc) is 2.75. The van der Waals surface area contributed by atoms with Gasteiger partial charge < -0.3 is 19.7 Å². The van der Waals surface area contributed by atoms with Gasteiger partial charge in [0.1, 0.15) is 11.8 Å². The molecule has 2 aromatic rings. The van der Waals surface area contributed by atoms with Crippen LogP contribution in [-0.2, 0) is 14.3 Å². The fraction of sp³-hybridized carbons (Fsp3) is 0.391. The van der Waals surface area contributed by atoms with Gasteiger partial charge in [0.25, 0.3) is 0 Å². The van der Waals surface area contributed by atoms with E-state index in [9.17, 15) is 9.59 Å². The molecule has 1 atom stereocenters. The summed E-state index contributed by atoms with van der Waals surface area (Å²) in [6.07, 6.45) is 0. The Morgan fingerprint density at radius 3 is 2.53 bits per heavy atom. The van der Waals surface area contributed by atoms with Crippen molar-refractivity contribution in [1.29, 1.82) is 0 Å². The highest BCUT2D eigenvalue weighted by molar-refractivity contribution is 5.97. The molecule has 2 aromatic carbocycles. The van der Waals surface area contributed by atoms with Crippen LogP contribution in [0.25, 0.3) is 0 Å². The first kappa shape index (κ1) is 21.8.